The highest BCUT2D eigenvalue weighted by molar-refractivity contribution is 4.92. The van der Waals surface area contributed by atoms with Gasteiger partial charge in [-0.2, -0.15) is 0 Å². The number of imidazole rings is 1. The smallest absolute Gasteiger partial charge is 0.108 e. The first kappa shape index (κ1) is 13.2. The quantitative estimate of drug-likeness (QED) is 0.807. The Morgan fingerprint density at radius 1 is 1.50 bits per heavy atom. The van der Waals surface area contributed by atoms with Gasteiger partial charge in [0.05, 0.1) is 0 Å². The molecule has 2 unspecified atom stereocenters. The van der Waals surface area contributed by atoms with Crippen molar-refractivity contribution in [2.24, 2.45) is 24.6 Å². The highest BCUT2D eigenvalue weighted by atomic mass is 19.1. The van der Waals surface area contributed by atoms with Crippen LogP contribution >= 0.6 is 0 Å². The van der Waals surface area contributed by atoms with Crippen LogP contribution in [0.4, 0.5) is 4.39 Å². The van der Waals surface area contributed by atoms with Gasteiger partial charge < -0.3 is 10.3 Å². The van der Waals surface area contributed by atoms with E-state index >= 15 is 0 Å². The van der Waals surface area contributed by atoms with Gasteiger partial charge in [-0.05, 0) is 18.9 Å². The summed E-state index contributed by atoms with van der Waals surface area (Å²) in [6.45, 7) is 4.45. The summed E-state index contributed by atoms with van der Waals surface area (Å²) >= 11 is 0. The third kappa shape index (κ3) is 3.30. The molecule has 0 fully saturated rings. The maximum absolute atomic E-state index is 13.9. The number of aryl methyl sites for hydroxylation is 2. The Kier molecular flexibility index (Phi) is 4.93. The Morgan fingerprint density at radius 3 is 2.62 bits per heavy atom. The lowest BCUT2D eigenvalue weighted by Gasteiger charge is -2.22. The first-order valence-electron chi connectivity index (χ1n) is 5.86. The van der Waals surface area contributed by atoms with Crippen molar-refractivity contribution >= 4 is 0 Å². The number of nitrogens with zero attached hydrogens (tertiary/aromatic N) is 2. The highest BCUT2D eigenvalue weighted by Crippen LogP contribution is 2.20. The van der Waals surface area contributed by atoms with Crippen molar-refractivity contribution < 1.29 is 4.39 Å². The predicted octanol–water partition coefficient (Wildman–Crippen LogP) is 1.92. The Hall–Kier alpha value is -0.900. The van der Waals surface area contributed by atoms with Crippen molar-refractivity contribution in [2.75, 3.05) is 6.54 Å². The van der Waals surface area contributed by atoms with Crippen LogP contribution in [0.5, 0.6) is 0 Å². The number of halogens is 1. The largest absolute Gasteiger partial charge is 0.338 e. The zero-order valence-electron chi connectivity index (χ0n) is 10.4. The third-order valence-electron chi connectivity index (χ3n) is 3.16. The van der Waals surface area contributed by atoms with Gasteiger partial charge in [0.2, 0.25) is 0 Å². The Morgan fingerprint density at radius 2 is 2.19 bits per heavy atom. The fourth-order valence-electron chi connectivity index (χ4n) is 1.96. The number of rotatable bonds is 6. The molecule has 16 heavy (non-hydrogen) atoms. The number of aromatic nitrogens is 2. The maximum Gasteiger partial charge on any atom is 0.108 e. The Bertz CT molecular complexity index is 309. The van der Waals surface area contributed by atoms with Crippen LogP contribution in [0.3, 0.4) is 0 Å². The molecule has 0 bridgehead atoms. The molecule has 0 radical (unpaired) electrons. The number of hydrogen-bond donors (Lipinski definition) is 1. The first-order chi connectivity index (χ1) is 7.56. The zero-order valence-corrected chi connectivity index (χ0v) is 10.4. The lowest BCUT2D eigenvalue weighted by molar-refractivity contribution is 0.175. The second kappa shape index (κ2) is 5.99. The summed E-state index contributed by atoms with van der Waals surface area (Å²) in [5, 5.41) is 0. The van der Waals surface area contributed by atoms with E-state index in [4.69, 9.17) is 5.73 Å². The first-order valence-corrected chi connectivity index (χ1v) is 5.86. The van der Waals surface area contributed by atoms with Crippen molar-refractivity contribution in [3.05, 3.63) is 18.2 Å². The predicted molar refractivity (Wildman–Crippen MR) is 63.8 cm³/mol. The molecule has 0 aromatic carbocycles. The van der Waals surface area contributed by atoms with Gasteiger partial charge in [0.25, 0.3) is 0 Å². The molecule has 0 aliphatic carbocycles. The monoisotopic (exact) mass is 227 g/mol. The molecule has 0 saturated heterocycles. The number of nitrogens with two attached hydrogens (primary N) is 1. The fourth-order valence-corrected chi connectivity index (χ4v) is 1.96. The molecule has 2 atom stereocenters. The van der Waals surface area contributed by atoms with Crippen LogP contribution in [0.15, 0.2) is 12.4 Å². The van der Waals surface area contributed by atoms with Crippen LogP contribution in [0.25, 0.3) is 0 Å². The topological polar surface area (TPSA) is 43.8 Å². The van der Waals surface area contributed by atoms with Gasteiger partial charge in [-0.1, -0.05) is 13.8 Å². The van der Waals surface area contributed by atoms with E-state index in [0.29, 0.717) is 25.3 Å². The SMILES string of the molecule is CC(C)C(CN)C(F)CCc1nccn1C. The minimum absolute atomic E-state index is 0.0414. The van der Waals surface area contributed by atoms with Crippen molar-refractivity contribution in [1.29, 1.82) is 0 Å². The van der Waals surface area contributed by atoms with Gasteiger partial charge in [0, 0.05) is 31.8 Å². The van der Waals surface area contributed by atoms with Crippen LogP contribution < -0.4 is 5.73 Å². The molecular formula is C12H22FN3. The molecule has 0 saturated carbocycles. The zero-order chi connectivity index (χ0) is 12.1. The van der Waals surface area contributed by atoms with Crippen LogP contribution in [0.2, 0.25) is 0 Å². The maximum atomic E-state index is 13.9. The van der Waals surface area contributed by atoms with Gasteiger partial charge in [0.15, 0.2) is 0 Å². The normalized spacial score (nSPS) is 15.4. The van der Waals surface area contributed by atoms with Crippen molar-refractivity contribution in [3.63, 3.8) is 0 Å². The van der Waals surface area contributed by atoms with E-state index in [1.54, 1.807) is 6.20 Å². The van der Waals surface area contributed by atoms with Crippen molar-refractivity contribution in [1.82, 2.24) is 9.55 Å². The second-order valence-corrected chi connectivity index (χ2v) is 4.65. The standard InChI is InChI=1S/C12H22FN3/c1-9(2)10(8-14)11(13)4-5-12-15-6-7-16(12)3/h6-7,9-11H,4-5,8,14H2,1-3H3. The molecule has 0 aliphatic rings. The van der Waals surface area contributed by atoms with Gasteiger partial charge in [-0.3, -0.25) is 0 Å². The van der Waals surface area contributed by atoms with E-state index in [0.717, 1.165) is 5.82 Å². The minimum atomic E-state index is -0.832. The fraction of sp³-hybridized carbons (Fsp3) is 0.750. The molecule has 0 aliphatic heterocycles. The van der Waals surface area contributed by atoms with Gasteiger partial charge in [-0.15, -0.1) is 0 Å². The summed E-state index contributed by atoms with van der Waals surface area (Å²) in [6.07, 6.45) is 3.97. The average molecular weight is 227 g/mol. The van der Waals surface area contributed by atoms with Gasteiger partial charge >= 0.3 is 0 Å². The molecule has 0 amide bonds. The summed E-state index contributed by atoms with van der Waals surface area (Å²) < 4.78 is 15.9. The van der Waals surface area contributed by atoms with E-state index in [9.17, 15) is 4.39 Å². The van der Waals surface area contributed by atoms with Crippen molar-refractivity contribution in [3.8, 4) is 0 Å². The van der Waals surface area contributed by atoms with E-state index < -0.39 is 6.17 Å². The second-order valence-electron chi connectivity index (χ2n) is 4.65. The van der Waals surface area contributed by atoms with Crippen LogP contribution in [0, 0.1) is 11.8 Å². The van der Waals surface area contributed by atoms with Crippen LogP contribution in [-0.2, 0) is 13.5 Å². The summed E-state index contributed by atoms with van der Waals surface area (Å²) in [5.74, 6) is 1.18. The summed E-state index contributed by atoms with van der Waals surface area (Å²) in [4.78, 5) is 4.18. The van der Waals surface area contributed by atoms with Crippen LogP contribution in [-0.4, -0.2) is 22.3 Å². The molecule has 92 valence electrons. The molecule has 1 aromatic heterocycles. The molecule has 4 heteroatoms. The van der Waals surface area contributed by atoms with Gasteiger partial charge in [0.1, 0.15) is 12.0 Å². The molecule has 1 heterocycles. The lowest BCUT2D eigenvalue weighted by atomic mass is 9.89. The third-order valence-corrected chi connectivity index (χ3v) is 3.16. The highest BCUT2D eigenvalue weighted by Gasteiger charge is 2.22. The molecular weight excluding hydrogens is 205 g/mol. The van der Waals surface area contributed by atoms with Gasteiger partial charge in [-0.25, -0.2) is 9.37 Å². The minimum Gasteiger partial charge on any atom is -0.338 e. The summed E-state index contributed by atoms with van der Waals surface area (Å²) in [6, 6.07) is 0. The lowest BCUT2D eigenvalue weighted by Crippen LogP contribution is -2.29. The molecule has 3 nitrogen and oxygen atoms in total. The summed E-state index contributed by atoms with van der Waals surface area (Å²) in [5.41, 5.74) is 5.59. The Balaban J connectivity index is 2.46. The van der Waals surface area contributed by atoms with E-state index in [2.05, 4.69) is 4.98 Å². The molecule has 0 spiro atoms. The molecule has 1 rings (SSSR count). The molecule has 2 N–H and O–H groups in total. The summed E-state index contributed by atoms with van der Waals surface area (Å²) in [7, 11) is 1.93. The number of hydrogen-bond acceptors (Lipinski definition) is 2. The number of alkyl halides is 1. The molecule has 1 aromatic rings. The van der Waals surface area contributed by atoms with E-state index in [1.807, 2.05) is 31.7 Å². The van der Waals surface area contributed by atoms with Crippen molar-refractivity contribution in [2.45, 2.75) is 32.9 Å². The van der Waals surface area contributed by atoms with Crippen LogP contribution in [0.1, 0.15) is 26.1 Å². The van der Waals surface area contributed by atoms with E-state index in [-0.39, 0.29) is 5.92 Å². The van der Waals surface area contributed by atoms with E-state index in [1.165, 1.54) is 0 Å². The average Bonchev–Trinajstić information content (AvgIpc) is 2.61. The Labute approximate surface area is 96.9 Å².